The van der Waals surface area contributed by atoms with E-state index in [4.69, 9.17) is 4.74 Å². The maximum Gasteiger partial charge on any atom is 0.269 e. The molecule has 1 saturated heterocycles. The monoisotopic (exact) mass is 226 g/mol. The van der Waals surface area contributed by atoms with Crippen LogP contribution in [0.25, 0.3) is 0 Å². The Labute approximate surface area is 91.4 Å². The van der Waals surface area contributed by atoms with E-state index in [0.29, 0.717) is 19.8 Å². The van der Waals surface area contributed by atoms with Gasteiger partial charge in [-0.3, -0.25) is 10.1 Å². The van der Waals surface area contributed by atoms with Gasteiger partial charge in [0.1, 0.15) is 5.82 Å². The molecule has 1 aliphatic heterocycles. The lowest BCUT2D eigenvalue weighted by atomic mass is 10.1. The van der Waals surface area contributed by atoms with Crippen LogP contribution in [0.5, 0.6) is 0 Å². The Kier molecular flexibility index (Phi) is 3.12. The summed E-state index contributed by atoms with van der Waals surface area (Å²) in [4.78, 5) is 10.0. The van der Waals surface area contributed by atoms with Crippen molar-refractivity contribution in [2.75, 3.05) is 19.8 Å². The zero-order valence-corrected chi connectivity index (χ0v) is 8.48. The first-order chi connectivity index (χ1) is 7.68. The number of ether oxygens (including phenoxy) is 1. The summed E-state index contributed by atoms with van der Waals surface area (Å²) in [6, 6.07) is 3.21. The number of benzene rings is 1. The lowest BCUT2D eigenvalue weighted by Gasteiger charge is -2.24. The Morgan fingerprint density at radius 2 is 2.38 bits per heavy atom. The largest absolute Gasteiger partial charge is 0.378 e. The second kappa shape index (κ2) is 4.54. The summed E-state index contributed by atoms with van der Waals surface area (Å²) in [6.45, 7) is 1.53. The van der Waals surface area contributed by atoms with Crippen molar-refractivity contribution in [1.29, 1.82) is 0 Å². The molecule has 1 aromatic carbocycles. The quantitative estimate of drug-likeness (QED) is 0.611. The molecule has 1 aromatic rings. The molecule has 5 nitrogen and oxygen atoms in total. The molecule has 1 unspecified atom stereocenters. The van der Waals surface area contributed by atoms with E-state index < -0.39 is 10.7 Å². The predicted molar refractivity (Wildman–Crippen MR) is 54.6 cm³/mol. The van der Waals surface area contributed by atoms with Gasteiger partial charge in [-0.25, -0.2) is 4.39 Å². The van der Waals surface area contributed by atoms with Crippen molar-refractivity contribution < 1.29 is 14.1 Å². The first-order valence-electron chi connectivity index (χ1n) is 4.93. The van der Waals surface area contributed by atoms with E-state index in [9.17, 15) is 14.5 Å². The molecular weight excluding hydrogens is 215 g/mol. The highest BCUT2D eigenvalue weighted by Crippen LogP contribution is 2.23. The molecule has 6 heteroatoms. The summed E-state index contributed by atoms with van der Waals surface area (Å²) < 4.78 is 18.7. The van der Waals surface area contributed by atoms with Crippen LogP contribution in [0.3, 0.4) is 0 Å². The summed E-state index contributed by atoms with van der Waals surface area (Å²) >= 11 is 0. The average molecular weight is 226 g/mol. The molecule has 86 valence electrons. The third-order valence-corrected chi connectivity index (χ3v) is 2.49. The molecule has 0 aromatic heterocycles. The SMILES string of the molecule is O=[N+]([O-])c1ccc(F)c(C2COCCN2)c1. The second-order valence-electron chi connectivity index (χ2n) is 3.54. The molecular formula is C10H11FN2O3. The van der Waals surface area contributed by atoms with E-state index in [1.807, 2.05) is 0 Å². The fourth-order valence-corrected chi connectivity index (χ4v) is 1.68. The van der Waals surface area contributed by atoms with E-state index >= 15 is 0 Å². The number of non-ortho nitro benzene ring substituents is 1. The van der Waals surface area contributed by atoms with Gasteiger partial charge in [-0.05, 0) is 6.07 Å². The third kappa shape index (κ3) is 2.17. The van der Waals surface area contributed by atoms with Crippen molar-refractivity contribution in [2.45, 2.75) is 6.04 Å². The Morgan fingerprint density at radius 1 is 1.56 bits per heavy atom. The van der Waals surface area contributed by atoms with Gasteiger partial charge >= 0.3 is 0 Å². The van der Waals surface area contributed by atoms with E-state index in [2.05, 4.69) is 5.32 Å². The summed E-state index contributed by atoms with van der Waals surface area (Å²) in [5, 5.41) is 13.6. The predicted octanol–water partition coefficient (Wildman–Crippen LogP) is 1.39. The number of rotatable bonds is 2. The number of nitrogens with zero attached hydrogens (tertiary/aromatic N) is 1. The van der Waals surface area contributed by atoms with Crippen LogP contribution >= 0.6 is 0 Å². The highest BCUT2D eigenvalue weighted by molar-refractivity contribution is 5.37. The van der Waals surface area contributed by atoms with Crippen molar-refractivity contribution in [1.82, 2.24) is 5.32 Å². The van der Waals surface area contributed by atoms with Gasteiger partial charge in [0.25, 0.3) is 5.69 Å². The third-order valence-electron chi connectivity index (χ3n) is 2.49. The molecule has 1 heterocycles. The molecule has 0 radical (unpaired) electrons. The zero-order chi connectivity index (χ0) is 11.5. The molecule has 1 aliphatic rings. The van der Waals surface area contributed by atoms with E-state index in [-0.39, 0.29) is 17.3 Å². The van der Waals surface area contributed by atoms with Crippen LogP contribution in [0.1, 0.15) is 11.6 Å². The Morgan fingerprint density at radius 3 is 3.00 bits per heavy atom. The maximum absolute atomic E-state index is 13.5. The number of nitro groups is 1. The highest BCUT2D eigenvalue weighted by atomic mass is 19.1. The topological polar surface area (TPSA) is 64.4 Å². The summed E-state index contributed by atoms with van der Waals surface area (Å²) in [6.07, 6.45) is 0. The molecule has 1 N–H and O–H groups in total. The van der Waals surface area contributed by atoms with Crippen LogP contribution < -0.4 is 5.32 Å². The summed E-state index contributed by atoms with van der Waals surface area (Å²) in [7, 11) is 0. The molecule has 0 amide bonds. The first kappa shape index (κ1) is 11.0. The lowest BCUT2D eigenvalue weighted by Crippen LogP contribution is -2.35. The van der Waals surface area contributed by atoms with Crippen LogP contribution in [0, 0.1) is 15.9 Å². The van der Waals surface area contributed by atoms with Gasteiger partial charge in [-0.15, -0.1) is 0 Å². The molecule has 2 rings (SSSR count). The Hall–Kier alpha value is -1.53. The van der Waals surface area contributed by atoms with Gasteiger partial charge in [0, 0.05) is 24.2 Å². The number of morpholine rings is 1. The first-order valence-corrected chi connectivity index (χ1v) is 4.93. The van der Waals surface area contributed by atoms with Crippen molar-refractivity contribution in [3.8, 4) is 0 Å². The van der Waals surface area contributed by atoms with Crippen LogP contribution in [-0.2, 0) is 4.74 Å². The Bertz CT molecular complexity index is 405. The molecule has 0 spiro atoms. The van der Waals surface area contributed by atoms with Crippen LogP contribution in [0.2, 0.25) is 0 Å². The van der Waals surface area contributed by atoms with E-state index in [0.717, 1.165) is 12.1 Å². The number of hydrogen-bond donors (Lipinski definition) is 1. The minimum atomic E-state index is -0.535. The van der Waals surface area contributed by atoms with Crippen molar-refractivity contribution in [3.05, 3.63) is 39.7 Å². The van der Waals surface area contributed by atoms with Gasteiger partial charge in [0.2, 0.25) is 0 Å². The van der Waals surface area contributed by atoms with Gasteiger partial charge in [-0.2, -0.15) is 0 Å². The number of nitrogens with one attached hydrogen (secondary N) is 1. The van der Waals surface area contributed by atoms with Crippen LogP contribution in [-0.4, -0.2) is 24.7 Å². The van der Waals surface area contributed by atoms with Crippen LogP contribution in [0.15, 0.2) is 18.2 Å². The fourth-order valence-electron chi connectivity index (χ4n) is 1.68. The number of halogens is 1. The van der Waals surface area contributed by atoms with E-state index in [1.165, 1.54) is 6.07 Å². The number of nitro benzene ring substituents is 1. The average Bonchev–Trinajstić information content (AvgIpc) is 2.30. The standard InChI is InChI=1S/C10H11FN2O3/c11-9-2-1-7(13(14)15)5-8(9)10-6-16-4-3-12-10/h1-2,5,10,12H,3-4,6H2. The Balaban J connectivity index is 2.30. The van der Waals surface area contributed by atoms with Gasteiger partial charge in [0.15, 0.2) is 0 Å². The lowest BCUT2D eigenvalue weighted by molar-refractivity contribution is -0.385. The van der Waals surface area contributed by atoms with Crippen molar-refractivity contribution in [3.63, 3.8) is 0 Å². The minimum absolute atomic E-state index is 0.108. The molecule has 1 atom stereocenters. The van der Waals surface area contributed by atoms with Crippen LogP contribution in [0.4, 0.5) is 10.1 Å². The minimum Gasteiger partial charge on any atom is -0.378 e. The van der Waals surface area contributed by atoms with Crippen molar-refractivity contribution in [2.24, 2.45) is 0 Å². The van der Waals surface area contributed by atoms with Crippen molar-refractivity contribution >= 4 is 5.69 Å². The number of hydrogen-bond acceptors (Lipinski definition) is 4. The summed E-state index contributed by atoms with van der Waals surface area (Å²) in [5.74, 6) is -0.450. The molecule has 0 bridgehead atoms. The van der Waals surface area contributed by atoms with Gasteiger partial charge in [-0.1, -0.05) is 0 Å². The molecule has 0 saturated carbocycles. The molecule has 1 fully saturated rings. The highest BCUT2D eigenvalue weighted by Gasteiger charge is 2.21. The van der Waals surface area contributed by atoms with Gasteiger partial charge < -0.3 is 10.1 Å². The van der Waals surface area contributed by atoms with Gasteiger partial charge in [0.05, 0.1) is 24.2 Å². The summed E-state index contributed by atoms with van der Waals surface area (Å²) in [5.41, 5.74) is 0.178. The van der Waals surface area contributed by atoms with E-state index in [1.54, 1.807) is 0 Å². The normalized spacial score (nSPS) is 20.7. The smallest absolute Gasteiger partial charge is 0.269 e. The molecule has 16 heavy (non-hydrogen) atoms. The zero-order valence-electron chi connectivity index (χ0n) is 8.48. The maximum atomic E-state index is 13.5. The molecule has 0 aliphatic carbocycles. The fraction of sp³-hybridized carbons (Fsp3) is 0.400. The second-order valence-corrected chi connectivity index (χ2v) is 3.54.